The maximum Gasteiger partial charge on any atom is 0.407 e. The van der Waals surface area contributed by atoms with Crippen molar-refractivity contribution in [2.75, 3.05) is 18.0 Å². The number of piperidine rings is 1. The number of nitrogens with zero attached hydrogens (tertiary/aromatic N) is 2. The Kier molecular flexibility index (Phi) is 7.45. The molecule has 3 aromatic carbocycles. The molecule has 208 valence electrons. The molecule has 1 aliphatic heterocycles. The van der Waals surface area contributed by atoms with Crippen molar-refractivity contribution in [1.29, 1.82) is 0 Å². The minimum atomic E-state index is -0.653. The highest BCUT2D eigenvalue weighted by Crippen LogP contribution is 2.40. The molecular formula is C32H32F3N3O2. The summed E-state index contributed by atoms with van der Waals surface area (Å²) in [7, 11) is 0. The summed E-state index contributed by atoms with van der Waals surface area (Å²) >= 11 is 0. The van der Waals surface area contributed by atoms with Crippen LogP contribution in [0.1, 0.15) is 39.2 Å². The molecule has 0 bridgehead atoms. The van der Waals surface area contributed by atoms with E-state index in [2.05, 4.69) is 15.2 Å². The number of hydrogen-bond donors (Lipinski definition) is 1. The highest BCUT2D eigenvalue weighted by atomic mass is 19.1. The van der Waals surface area contributed by atoms with Crippen LogP contribution in [0.15, 0.2) is 60.8 Å². The zero-order chi connectivity index (χ0) is 28.6. The highest BCUT2D eigenvalue weighted by molar-refractivity contribution is 6.01. The lowest BCUT2D eigenvalue weighted by Gasteiger charge is -2.36. The van der Waals surface area contributed by atoms with Crippen molar-refractivity contribution in [2.24, 2.45) is 0 Å². The van der Waals surface area contributed by atoms with E-state index in [0.29, 0.717) is 42.6 Å². The predicted molar refractivity (Wildman–Crippen MR) is 152 cm³/mol. The number of carbonyl (C=O) groups is 1. The van der Waals surface area contributed by atoms with Gasteiger partial charge in [-0.05, 0) is 93.6 Å². The summed E-state index contributed by atoms with van der Waals surface area (Å²) in [5, 5.41) is 3.74. The molecule has 1 aromatic heterocycles. The molecule has 8 heteroatoms. The highest BCUT2D eigenvalue weighted by Gasteiger charge is 2.27. The van der Waals surface area contributed by atoms with Crippen molar-refractivity contribution >= 4 is 22.7 Å². The van der Waals surface area contributed by atoms with E-state index in [1.807, 2.05) is 45.9 Å². The molecule has 1 fully saturated rings. The molecule has 5 rings (SSSR count). The molecule has 0 spiro atoms. The van der Waals surface area contributed by atoms with E-state index >= 15 is 0 Å². The third-order valence-electron chi connectivity index (χ3n) is 6.97. The van der Waals surface area contributed by atoms with Gasteiger partial charge in [-0.3, -0.25) is 4.98 Å². The number of ether oxygens (including phenoxy) is 1. The van der Waals surface area contributed by atoms with E-state index in [1.165, 1.54) is 24.3 Å². The van der Waals surface area contributed by atoms with Crippen molar-refractivity contribution in [3.05, 3.63) is 83.8 Å². The van der Waals surface area contributed by atoms with Crippen LogP contribution >= 0.6 is 0 Å². The average Bonchev–Trinajstić information content (AvgIpc) is 2.86. The minimum Gasteiger partial charge on any atom is -0.444 e. The molecule has 0 saturated carbocycles. The monoisotopic (exact) mass is 547 g/mol. The van der Waals surface area contributed by atoms with Gasteiger partial charge in [0.1, 0.15) is 23.1 Å². The van der Waals surface area contributed by atoms with Gasteiger partial charge < -0.3 is 15.0 Å². The molecule has 0 atom stereocenters. The molecule has 4 aromatic rings. The van der Waals surface area contributed by atoms with Gasteiger partial charge in [-0.25, -0.2) is 18.0 Å². The number of benzene rings is 3. The molecule has 0 radical (unpaired) electrons. The Labute approximate surface area is 232 Å². The molecule has 1 N–H and O–H groups in total. The zero-order valence-electron chi connectivity index (χ0n) is 23.0. The molecule has 0 aliphatic carbocycles. The van der Waals surface area contributed by atoms with Crippen LogP contribution in [0.25, 0.3) is 33.2 Å². The molecule has 0 unspecified atom stereocenters. The van der Waals surface area contributed by atoms with Crippen molar-refractivity contribution in [3.63, 3.8) is 0 Å². The largest absolute Gasteiger partial charge is 0.444 e. The number of hydrogen-bond acceptors (Lipinski definition) is 4. The van der Waals surface area contributed by atoms with E-state index in [4.69, 9.17) is 4.74 Å². The van der Waals surface area contributed by atoms with Gasteiger partial charge in [-0.1, -0.05) is 12.1 Å². The van der Waals surface area contributed by atoms with E-state index in [-0.39, 0.29) is 17.4 Å². The van der Waals surface area contributed by atoms with E-state index < -0.39 is 23.3 Å². The van der Waals surface area contributed by atoms with Crippen LogP contribution in [0.4, 0.5) is 23.7 Å². The second-order valence-corrected chi connectivity index (χ2v) is 11.3. The van der Waals surface area contributed by atoms with Gasteiger partial charge in [0.25, 0.3) is 0 Å². The fourth-order valence-electron chi connectivity index (χ4n) is 5.24. The Morgan fingerprint density at radius 1 is 0.925 bits per heavy atom. The number of aromatic nitrogens is 1. The Morgan fingerprint density at radius 2 is 1.68 bits per heavy atom. The first kappa shape index (κ1) is 27.5. The smallest absolute Gasteiger partial charge is 0.407 e. The Bertz CT molecular complexity index is 1550. The third-order valence-corrected chi connectivity index (χ3v) is 6.97. The van der Waals surface area contributed by atoms with Crippen LogP contribution < -0.4 is 10.2 Å². The summed E-state index contributed by atoms with van der Waals surface area (Å²) in [6.07, 6.45) is 2.66. The van der Waals surface area contributed by atoms with Crippen molar-refractivity contribution < 1.29 is 22.7 Å². The second kappa shape index (κ2) is 10.8. The first-order valence-corrected chi connectivity index (χ1v) is 13.4. The van der Waals surface area contributed by atoms with Gasteiger partial charge in [0.15, 0.2) is 0 Å². The zero-order valence-corrected chi connectivity index (χ0v) is 23.0. The predicted octanol–water partition coefficient (Wildman–Crippen LogP) is 7.79. The van der Waals surface area contributed by atoms with Crippen molar-refractivity contribution in [3.8, 4) is 22.3 Å². The SMILES string of the molecule is Cc1cc(F)cc(-c2cnc3ccc(-c4ccc(F)cc4F)cc3c2N2CCC(NC(=O)OC(C)(C)C)CC2)c1. The van der Waals surface area contributed by atoms with E-state index in [0.717, 1.165) is 28.3 Å². The van der Waals surface area contributed by atoms with Gasteiger partial charge in [-0.15, -0.1) is 0 Å². The van der Waals surface area contributed by atoms with Crippen LogP contribution in [-0.2, 0) is 4.74 Å². The van der Waals surface area contributed by atoms with Crippen LogP contribution in [0.2, 0.25) is 0 Å². The number of carbonyl (C=O) groups excluding carboxylic acids is 1. The van der Waals surface area contributed by atoms with Gasteiger partial charge in [0.05, 0.1) is 11.2 Å². The van der Waals surface area contributed by atoms with Gasteiger partial charge >= 0.3 is 6.09 Å². The van der Waals surface area contributed by atoms with Gasteiger partial charge in [-0.2, -0.15) is 0 Å². The van der Waals surface area contributed by atoms with Crippen LogP contribution in [-0.4, -0.2) is 35.8 Å². The lowest BCUT2D eigenvalue weighted by molar-refractivity contribution is 0.0497. The van der Waals surface area contributed by atoms with Gasteiger partial charge in [0.2, 0.25) is 0 Å². The molecule has 1 amide bonds. The Balaban J connectivity index is 1.56. The van der Waals surface area contributed by atoms with Crippen molar-refractivity contribution in [2.45, 2.75) is 52.2 Å². The third kappa shape index (κ3) is 6.06. The van der Waals surface area contributed by atoms with Gasteiger partial charge in [0, 0.05) is 47.9 Å². The number of halogens is 3. The van der Waals surface area contributed by atoms with Crippen LogP contribution in [0, 0.1) is 24.4 Å². The molecular weight excluding hydrogens is 515 g/mol. The molecule has 40 heavy (non-hydrogen) atoms. The average molecular weight is 548 g/mol. The fraction of sp³-hybridized carbons (Fsp3) is 0.312. The molecule has 5 nitrogen and oxygen atoms in total. The summed E-state index contributed by atoms with van der Waals surface area (Å²) in [6, 6.07) is 13.8. The number of alkyl carbamates (subject to hydrolysis) is 1. The summed E-state index contributed by atoms with van der Waals surface area (Å²) < 4.78 is 48.2. The first-order valence-electron chi connectivity index (χ1n) is 13.4. The normalized spacial score (nSPS) is 14.4. The molecule has 1 aliphatic rings. The number of amides is 1. The standard InChI is InChI=1S/C32H32F3N3O2/c1-19-13-21(15-23(34)14-19)27-18-36-29-8-5-20(25-7-6-22(33)17-28(25)35)16-26(29)30(27)38-11-9-24(10-12-38)37-31(39)40-32(2,3)4/h5-8,13-18,24H,9-12H2,1-4H3,(H,37,39). The number of anilines is 1. The summed E-state index contributed by atoms with van der Waals surface area (Å²) in [6.45, 7) is 8.55. The number of nitrogens with one attached hydrogen (secondary N) is 1. The lowest BCUT2D eigenvalue weighted by atomic mass is 9.95. The minimum absolute atomic E-state index is 0.0528. The quantitative estimate of drug-likeness (QED) is 0.283. The number of aryl methyl sites for hydroxylation is 1. The number of rotatable bonds is 4. The summed E-state index contributed by atoms with van der Waals surface area (Å²) in [5.74, 6) is -1.64. The van der Waals surface area contributed by atoms with Crippen molar-refractivity contribution in [1.82, 2.24) is 10.3 Å². The maximum absolute atomic E-state index is 14.7. The molecule has 1 saturated heterocycles. The summed E-state index contributed by atoms with van der Waals surface area (Å²) in [4.78, 5) is 19.2. The summed E-state index contributed by atoms with van der Waals surface area (Å²) in [5.41, 5.74) is 4.06. The number of pyridine rings is 1. The fourth-order valence-corrected chi connectivity index (χ4v) is 5.24. The van der Waals surface area contributed by atoms with E-state index in [9.17, 15) is 18.0 Å². The van der Waals surface area contributed by atoms with Crippen LogP contribution in [0.5, 0.6) is 0 Å². The van der Waals surface area contributed by atoms with E-state index in [1.54, 1.807) is 12.3 Å². The first-order chi connectivity index (χ1) is 19.0. The maximum atomic E-state index is 14.7. The number of fused-ring (bicyclic) bond motifs is 1. The Hall–Kier alpha value is -4.07. The lowest BCUT2D eigenvalue weighted by Crippen LogP contribution is -2.46. The molecule has 2 heterocycles. The van der Waals surface area contributed by atoms with Crippen LogP contribution in [0.3, 0.4) is 0 Å². The topological polar surface area (TPSA) is 54.5 Å². The second-order valence-electron chi connectivity index (χ2n) is 11.3. The Morgan fingerprint density at radius 3 is 2.35 bits per heavy atom.